The second-order valence-corrected chi connectivity index (χ2v) is 11.7. The molecule has 0 unspecified atom stereocenters. The van der Waals surface area contributed by atoms with E-state index >= 15 is 0 Å². The fraction of sp³-hybridized carbons (Fsp3) is 0.562. The van der Waals surface area contributed by atoms with Gasteiger partial charge in [-0.05, 0) is 52.3 Å². The Balaban J connectivity index is 2.60. The number of hydrogen-bond donors (Lipinski definition) is 4. The minimum Gasteiger partial charge on any atom is -0.439 e. The molecule has 1 heterocycles. The van der Waals surface area contributed by atoms with E-state index in [0.29, 0.717) is 25.1 Å². The van der Waals surface area contributed by atoms with Crippen LogP contribution in [0.15, 0.2) is 58.5 Å². The summed E-state index contributed by atoms with van der Waals surface area (Å²) in [4.78, 5) is 53.7. The first-order valence-corrected chi connectivity index (χ1v) is 14.7. The zero-order chi connectivity index (χ0) is 33.1. The number of fused-ring (bicyclic) bond motifs is 2. The molecule has 0 fully saturated rings. The molecule has 2 rings (SSSR count). The molecule has 6 atom stereocenters. The van der Waals surface area contributed by atoms with Crippen molar-refractivity contribution >= 4 is 23.6 Å². The number of nitrogens with one attached hydrogen (secondary N) is 2. The van der Waals surface area contributed by atoms with Crippen molar-refractivity contribution in [1.82, 2.24) is 15.5 Å². The maximum atomic E-state index is 13.7. The summed E-state index contributed by atoms with van der Waals surface area (Å²) in [6.07, 6.45) is 3.88. The Labute approximate surface area is 260 Å². The number of carbonyl (C=O) groups excluding carboxylic acids is 4. The van der Waals surface area contributed by atoms with Crippen LogP contribution in [-0.4, -0.2) is 99.4 Å². The third-order valence-corrected chi connectivity index (χ3v) is 7.65. The van der Waals surface area contributed by atoms with Gasteiger partial charge in [-0.3, -0.25) is 14.4 Å². The zero-order valence-corrected chi connectivity index (χ0v) is 27.0. The van der Waals surface area contributed by atoms with Gasteiger partial charge < -0.3 is 40.6 Å². The summed E-state index contributed by atoms with van der Waals surface area (Å²) in [5.74, 6) is -2.06. The summed E-state index contributed by atoms with van der Waals surface area (Å²) < 4.78 is 16.6. The normalized spacial score (nSPS) is 31.0. The molecule has 5 N–H and O–H groups in total. The van der Waals surface area contributed by atoms with Crippen LogP contribution in [0.4, 0.5) is 4.79 Å². The highest BCUT2D eigenvalue weighted by Crippen LogP contribution is 2.28. The third kappa shape index (κ3) is 10.3. The Bertz CT molecular complexity index is 1230. The number of aliphatic hydroxyl groups is 1. The highest BCUT2D eigenvalue weighted by molar-refractivity contribution is 6.23. The largest absolute Gasteiger partial charge is 0.439 e. The predicted octanol–water partition coefficient (Wildman–Crippen LogP) is 1.91. The van der Waals surface area contributed by atoms with Crippen LogP contribution in [0.5, 0.6) is 0 Å². The van der Waals surface area contributed by atoms with Gasteiger partial charge >= 0.3 is 6.09 Å². The van der Waals surface area contributed by atoms with Gasteiger partial charge in [-0.2, -0.15) is 0 Å². The molecule has 2 bridgehead atoms. The monoisotopic (exact) mass is 616 g/mol. The van der Waals surface area contributed by atoms with E-state index in [-0.39, 0.29) is 34.9 Å². The van der Waals surface area contributed by atoms with Crippen LogP contribution < -0.4 is 16.4 Å². The van der Waals surface area contributed by atoms with E-state index < -0.39 is 53.9 Å². The first-order chi connectivity index (χ1) is 20.7. The molecule has 0 aromatic carbocycles. The number of nitrogens with zero attached hydrogens (tertiary/aromatic N) is 1. The molecule has 12 nitrogen and oxygen atoms in total. The second-order valence-electron chi connectivity index (χ2n) is 11.7. The number of carbonyl (C=O) groups is 4. The fourth-order valence-corrected chi connectivity index (χ4v) is 5.18. The molecule has 2 amide bonds. The lowest BCUT2D eigenvalue weighted by Gasteiger charge is -2.30. The van der Waals surface area contributed by atoms with Gasteiger partial charge in [0.15, 0.2) is 6.10 Å². The lowest BCUT2D eigenvalue weighted by atomic mass is 9.85. The molecule has 0 saturated heterocycles. The maximum absolute atomic E-state index is 13.7. The number of amides is 2. The van der Waals surface area contributed by atoms with Gasteiger partial charge in [0.2, 0.25) is 11.6 Å². The number of allylic oxidation sites excluding steroid dienone is 4. The van der Waals surface area contributed by atoms with Crippen molar-refractivity contribution in [3.05, 3.63) is 58.5 Å². The Morgan fingerprint density at radius 3 is 2.43 bits per heavy atom. The third-order valence-electron chi connectivity index (χ3n) is 7.65. The summed E-state index contributed by atoms with van der Waals surface area (Å²) in [7, 11) is 6.74. The van der Waals surface area contributed by atoms with E-state index in [1.165, 1.54) is 20.3 Å². The number of likely N-dealkylation sites (N-methyl/N-ethyl adjacent to an activating group) is 1. The molecule has 1 aliphatic heterocycles. The van der Waals surface area contributed by atoms with E-state index in [4.69, 9.17) is 19.9 Å². The molecule has 1 aliphatic carbocycles. The topological polar surface area (TPSA) is 170 Å². The number of Topliss-reactive ketones (excluding diaryl/α,β-unsaturated/α-hetero) is 1. The Morgan fingerprint density at radius 1 is 1.16 bits per heavy atom. The predicted molar refractivity (Wildman–Crippen MR) is 166 cm³/mol. The summed E-state index contributed by atoms with van der Waals surface area (Å²) in [5, 5.41) is 17.0. The second kappa shape index (κ2) is 17.0. The quantitative estimate of drug-likeness (QED) is 0.245. The molecular weight excluding hydrogens is 568 g/mol. The summed E-state index contributed by atoms with van der Waals surface area (Å²) in [5.41, 5.74) is 6.55. The summed E-state index contributed by atoms with van der Waals surface area (Å²) >= 11 is 0. The first-order valence-electron chi connectivity index (χ1n) is 14.7. The Hall–Kier alpha value is -3.58. The van der Waals surface area contributed by atoms with Gasteiger partial charge in [0.25, 0.3) is 5.91 Å². The lowest BCUT2D eigenvalue weighted by Crippen LogP contribution is -2.38. The van der Waals surface area contributed by atoms with Crippen LogP contribution in [-0.2, 0) is 28.6 Å². The van der Waals surface area contributed by atoms with Crippen molar-refractivity contribution < 1.29 is 38.5 Å². The highest BCUT2D eigenvalue weighted by Gasteiger charge is 2.33. The molecule has 12 heteroatoms. The Morgan fingerprint density at radius 2 is 1.84 bits per heavy atom. The van der Waals surface area contributed by atoms with Crippen molar-refractivity contribution in [2.24, 2.45) is 17.6 Å². The van der Waals surface area contributed by atoms with Gasteiger partial charge in [0.1, 0.15) is 6.10 Å². The van der Waals surface area contributed by atoms with Gasteiger partial charge in [0.05, 0.1) is 23.6 Å². The van der Waals surface area contributed by atoms with Crippen molar-refractivity contribution in [1.29, 1.82) is 0 Å². The fourth-order valence-electron chi connectivity index (χ4n) is 5.18. The highest BCUT2D eigenvalue weighted by atomic mass is 16.6. The molecule has 44 heavy (non-hydrogen) atoms. The van der Waals surface area contributed by atoms with Crippen LogP contribution in [0.25, 0.3) is 0 Å². The molecule has 0 spiro atoms. The van der Waals surface area contributed by atoms with Gasteiger partial charge in [-0.25, -0.2) is 4.79 Å². The number of primary amides is 1. The van der Waals surface area contributed by atoms with Crippen molar-refractivity contribution in [3.63, 3.8) is 0 Å². The molecule has 0 aromatic rings. The van der Waals surface area contributed by atoms with E-state index in [0.717, 1.165) is 6.08 Å². The summed E-state index contributed by atoms with van der Waals surface area (Å²) in [6, 6.07) is 0. The molecule has 0 saturated carbocycles. The number of ether oxygens (including phenoxy) is 3. The average Bonchev–Trinajstić information content (AvgIpc) is 2.95. The van der Waals surface area contributed by atoms with Crippen LogP contribution in [0.1, 0.15) is 40.5 Å². The van der Waals surface area contributed by atoms with E-state index in [1.807, 2.05) is 32.8 Å². The van der Waals surface area contributed by atoms with Gasteiger partial charge in [-0.1, -0.05) is 38.2 Å². The molecule has 2 aliphatic rings. The van der Waals surface area contributed by atoms with Crippen LogP contribution in [0, 0.1) is 11.8 Å². The zero-order valence-electron chi connectivity index (χ0n) is 27.0. The van der Waals surface area contributed by atoms with Gasteiger partial charge in [-0.15, -0.1) is 0 Å². The van der Waals surface area contributed by atoms with Crippen molar-refractivity contribution in [2.75, 3.05) is 41.4 Å². The van der Waals surface area contributed by atoms with Crippen LogP contribution in [0.3, 0.4) is 0 Å². The van der Waals surface area contributed by atoms with Gasteiger partial charge in [0, 0.05) is 50.4 Å². The number of hydrogen-bond acceptors (Lipinski definition) is 10. The molecule has 244 valence electrons. The lowest BCUT2D eigenvalue weighted by molar-refractivity contribution is -0.120. The minimum atomic E-state index is -0.997. The minimum absolute atomic E-state index is 0.114. The molecule has 0 aromatic heterocycles. The standard InChI is InChI=1S/C32H48N4O8/c1-18-14-22-27(34-12-13-36(5)6)24(37)17-23(29(22)39)35-31(40)19(2)10-9-11-25(42-7)30(44-32(33)41)21(4)16-20(3)28(38)26(15-18)43-8/h9-11,16-18,20,25-26,28,30,34,38H,12-15H2,1-8H3,(H2,33,41)(H,35,40)/b11-9+,19-10-,21-16+/t18-,20+,25-,26-,28-,30-/m0/s1. The number of nitrogens with two attached hydrogens (primary N) is 1. The van der Waals surface area contributed by atoms with E-state index in [1.54, 1.807) is 32.1 Å². The maximum Gasteiger partial charge on any atom is 0.405 e. The number of rotatable bonds is 7. The first kappa shape index (κ1) is 36.6. The average molecular weight is 617 g/mol. The number of ketones is 2. The number of aliphatic hydroxyl groups excluding tert-OH is 1. The number of methoxy groups -OCH3 is 2. The Kier molecular flexibility index (Phi) is 14.2. The van der Waals surface area contributed by atoms with Crippen LogP contribution >= 0.6 is 0 Å². The smallest absolute Gasteiger partial charge is 0.405 e. The molecular formula is C32H48N4O8. The van der Waals surface area contributed by atoms with Crippen molar-refractivity contribution in [2.45, 2.75) is 65.0 Å². The van der Waals surface area contributed by atoms with E-state index in [9.17, 15) is 24.3 Å². The van der Waals surface area contributed by atoms with E-state index in [2.05, 4.69) is 10.6 Å². The summed E-state index contributed by atoms with van der Waals surface area (Å²) in [6.45, 7) is 8.09. The van der Waals surface area contributed by atoms with Crippen LogP contribution in [0.2, 0.25) is 0 Å². The SMILES string of the molecule is CO[C@H]1/C=C/C=C(/C)C(=O)NC2=CC(=O)C(NCCN(C)C)=C(C[C@H](C)C[C@H](OC)[C@@H](O)[C@H](C)/C=C(\C)[C@@H]1OC(N)=O)C2=O. The molecule has 0 radical (unpaired) electrons. The van der Waals surface area contributed by atoms with Crippen molar-refractivity contribution in [3.8, 4) is 0 Å².